The molecule has 0 saturated heterocycles. The molecule has 1 aliphatic carbocycles. The molecule has 1 heterocycles. The topological polar surface area (TPSA) is 93.6 Å². The maximum atomic E-state index is 8.65. The standard InChI is InChI=1S/C11H16N4O2/c12-10(15-16)9-5-6-13-14-11(9)17-7-8-3-1-2-4-8/h5-6,8,16H,1-4,7H2,(H2,12,15). The van der Waals surface area contributed by atoms with Gasteiger partial charge in [-0.3, -0.25) is 0 Å². The van der Waals surface area contributed by atoms with Gasteiger partial charge in [-0.2, -0.15) is 5.10 Å². The molecule has 0 aliphatic heterocycles. The van der Waals surface area contributed by atoms with Crippen LogP contribution >= 0.6 is 0 Å². The van der Waals surface area contributed by atoms with E-state index in [1.807, 2.05) is 0 Å². The normalized spacial score (nSPS) is 17.3. The number of aromatic nitrogens is 2. The third-order valence-electron chi connectivity index (χ3n) is 3.00. The van der Waals surface area contributed by atoms with E-state index in [2.05, 4.69) is 15.4 Å². The lowest BCUT2D eigenvalue weighted by Crippen LogP contribution is -2.17. The second kappa shape index (κ2) is 5.47. The summed E-state index contributed by atoms with van der Waals surface area (Å²) < 4.78 is 5.60. The molecule has 0 unspecified atom stereocenters. The first-order valence-corrected chi connectivity index (χ1v) is 5.73. The Morgan fingerprint density at radius 2 is 2.29 bits per heavy atom. The van der Waals surface area contributed by atoms with Crippen LogP contribution < -0.4 is 10.5 Å². The molecule has 0 spiro atoms. The zero-order valence-corrected chi connectivity index (χ0v) is 9.54. The molecule has 6 heteroatoms. The van der Waals surface area contributed by atoms with Gasteiger partial charge in [0, 0.05) is 0 Å². The summed E-state index contributed by atoms with van der Waals surface area (Å²) in [6.45, 7) is 0.615. The van der Waals surface area contributed by atoms with Crippen molar-refractivity contribution in [3.8, 4) is 5.88 Å². The van der Waals surface area contributed by atoms with Crippen molar-refractivity contribution < 1.29 is 9.94 Å². The summed E-state index contributed by atoms with van der Waals surface area (Å²) in [5.74, 6) is 0.896. The molecule has 0 bridgehead atoms. The van der Waals surface area contributed by atoms with Gasteiger partial charge < -0.3 is 15.7 Å². The minimum Gasteiger partial charge on any atom is -0.476 e. The van der Waals surface area contributed by atoms with Crippen molar-refractivity contribution in [2.45, 2.75) is 25.7 Å². The Morgan fingerprint density at radius 3 is 3.00 bits per heavy atom. The maximum Gasteiger partial charge on any atom is 0.244 e. The van der Waals surface area contributed by atoms with Crippen LogP contribution in [0, 0.1) is 5.92 Å². The van der Waals surface area contributed by atoms with Gasteiger partial charge in [-0.05, 0) is 24.8 Å². The van der Waals surface area contributed by atoms with E-state index in [1.54, 1.807) is 6.07 Å². The van der Waals surface area contributed by atoms with Gasteiger partial charge in [-0.25, -0.2) is 0 Å². The lowest BCUT2D eigenvalue weighted by molar-refractivity contribution is 0.240. The van der Waals surface area contributed by atoms with Crippen LogP contribution in [-0.2, 0) is 0 Å². The van der Waals surface area contributed by atoms with Crippen LogP contribution in [0.1, 0.15) is 31.2 Å². The van der Waals surface area contributed by atoms with Crippen molar-refractivity contribution in [1.29, 1.82) is 0 Å². The average molecular weight is 236 g/mol. The zero-order valence-electron chi connectivity index (χ0n) is 9.54. The van der Waals surface area contributed by atoms with E-state index in [4.69, 9.17) is 15.7 Å². The summed E-state index contributed by atoms with van der Waals surface area (Å²) in [6, 6.07) is 1.62. The van der Waals surface area contributed by atoms with Crippen molar-refractivity contribution in [3.63, 3.8) is 0 Å². The van der Waals surface area contributed by atoms with Crippen molar-refractivity contribution in [3.05, 3.63) is 17.8 Å². The molecule has 3 N–H and O–H groups in total. The SMILES string of the molecule is N/C(=N/O)c1ccnnc1OCC1CCCC1. The van der Waals surface area contributed by atoms with Crippen LogP contribution in [0.4, 0.5) is 0 Å². The van der Waals surface area contributed by atoms with Gasteiger partial charge in [0.1, 0.15) is 0 Å². The van der Waals surface area contributed by atoms with Gasteiger partial charge in [0.2, 0.25) is 5.88 Å². The summed E-state index contributed by atoms with van der Waals surface area (Å²) in [5.41, 5.74) is 6.00. The highest BCUT2D eigenvalue weighted by atomic mass is 16.5. The van der Waals surface area contributed by atoms with E-state index >= 15 is 0 Å². The Bertz CT molecular complexity index is 402. The van der Waals surface area contributed by atoms with E-state index in [0.717, 1.165) is 0 Å². The molecule has 1 saturated carbocycles. The minimum absolute atomic E-state index is 0.0127. The van der Waals surface area contributed by atoms with Gasteiger partial charge >= 0.3 is 0 Å². The van der Waals surface area contributed by atoms with E-state index < -0.39 is 0 Å². The number of nitrogens with two attached hydrogens (primary N) is 1. The van der Waals surface area contributed by atoms with Crippen molar-refractivity contribution in [2.75, 3.05) is 6.61 Å². The molecule has 2 rings (SSSR count). The van der Waals surface area contributed by atoms with Gasteiger partial charge in [0.25, 0.3) is 0 Å². The lowest BCUT2D eigenvalue weighted by atomic mass is 10.1. The van der Waals surface area contributed by atoms with Crippen LogP contribution in [-0.4, -0.2) is 27.8 Å². The smallest absolute Gasteiger partial charge is 0.244 e. The fourth-order valence-corrected chi connectivity index (χ4v) is 2.05. The monoisotopic (exact) mass is 236 g/mol. The van der Waals surface area contributed by atoms with Crippen LogP contribution in [0.3, 0.4) is 0 Å². The predicted molar refractivity (Wildman–Crippen MR) is 62.0 cm³/mol. The van der Waals surface area contributed by atoms with Crippen LogP contribution in [0.25, 0.3) is 0 Å². The van der Waals surface area contributed by atoms with Crippen LogP contribution in [0.2, 0.25) is 0 Å². The average Bonchev–Trinajstić information content (AvgIpc) is 2.89. The van der Waals surface area contributed by atoms with Crippen molar-refractivity contribution in [1.82, 2.24) is 10.2 Å². The second-order valence-electron chi connectivity index (χ2n) is 4.20. The highest BCUT2D eigenvalue weighted by molar-refractivity contribution is 5.98. The van der Waals surface area contributed by atoms with Crippen LogP contribution in [0.5, 0.6) is 5.88 Å². The Morgan fingerprint density at radius 1 is 1.53 bits per heavy atom. The number of nitrogens with zero attached hydrogens (tertiary/aromatic N) is 3. The van der Waals surface area contributed by atoms with Gasteiger partial charge in [0.15, 0.2) is 5.84 Å². The molecule has 17 heavy (non-hydrogen) atoms. The van der Waals surface area contributed by atoms with E-state index in [1.165, 1.54) is 31.9 Å². The van der Waals surface area contributed by atoms with Gasteiger partial charge in [0.05, 0.1) is 18.4 Å². The Hall–Kier alpha value is -1.85. The molecule has 0 aromatic carbocycles. The third-order valence-corrected chi connectivity index (χ3v) is 3.00. The molecule has 6 nitrogen and oxygen atoms in total. The maximum absolute atomic E-state index is 8.65. The molecule has 1 aliphatic rings. The number of ether oxygens (including phenoxy) is 1. The van der Waals surface area contributed by atoms with E-state index in [0.29, 0.717) is 24.0 Å². The zero-order chi connectivity index (χ0) is 12.1. The summed E-state index contributed by atoms with van der Waals surface area (Å²) >= 11 is 0. The summed E-state index contributed by atoms with van der Waals surface area (Å²) in [7, 11) is 0. The number of hydrogen-bond donors (Lipinski definition) is 2. The molecule has 0 atom stereocenters. The van der Waals surface area contributed by atoms with Gasteiger partial charge in [-0.1, -0.05) is 18.0 Å². The third kappa shape index (κ3) is 2.83. The minimum atomic E-state index is -0.0127. The molecule has 1 fully saturated rings. The Balaban J connectivity index is 2.04. The van der Waals surface area contributed by atoms with E-state index in [9.17, 15) is 0 Å². The fourth-order valence-electron chi connectivity index (χ4n) is 2.05. The highest BCUT2D eigenvalue weighted by Crippen LogP contribution is 2.25. The quantitative estimate of drug-likeness (QED) is 0.354. The van der Waals surface area contributed by atoms with Crippen LogP contribution in [0.15, 0.2) is 17.4 Å². The Labute approximate surface area is 99.5 Å². The predicted octanol–water partition coefficient (Wildman–Crippen LogP) is 1.14. The number of rotatable bonds is 4. The first-order chi connectivity index (χ1) is 8.31. The molecule has 1 aromatic heterocycles. The highest BCUT2D eigenvalue weighted by Gasteiger charge is 2.17. The summed E-state index contributed by atoms with van der Waals surface area (Å²) in [5, 5.41) is 19.2. The Kier molecular flexibility index (Phi) is 3.74. The second-order valence-corrected chi connectivity index (χ2v) is 4.20. The fraction of sp³-hybridized carbons (Fsp3) is 0.545. The molecule has 0 radical (unpaired) electrons. The van der Waals surface area contributed by atoms with Gasteiger partial charge in [-0.15, -0.1) is 5.10 Å². The molecule has 0 amide bonds. The molecule has 1 aromatic rings. The largest absolute Gasteiger partial charge is 0.476 e. The summed E-state index contributed by atoms with van der Waals surface area (Å²) in [6.07, 6.45) is 6.40. The number of oxime groups is 1. The first-order valence-electron chi connectivity index (χ1n) is 5.73. The van der Waals surface area contributed by atoms with Crippen molar-refractivity contribution in [2.24, 2.45) is 16.8 Å². The lowest BCUT2D eigenvalue weighted by Gasteiger charge is -2.12. The number of hydrogen-bond acceptors (Lipinski definition) is 5. The summed E-state index contributed by atoms with van der Waals surface area (Å²) in [4.78, 5) is 0. The molecular formula is C11H16N4O2. The first kappa shape index (κ1) is 11.6. The number of amidine groups is 1. The van der Waals surface area contributed by atoms with E-state index in [-0.39, 0.29) is 5.84 Å². The molecule has 92 valence electrons. The molecular weight excluding hydrogens is 220 g/mol. The van der Waals surface area contributed by atoms with Crippen molar-refractivity contribution >= 4 is 5.84 Å².